The Hall–Kier alpha value is -0.230. The number of halogens is 5. The van der Waals surface area contributed by atoms with Crippen molar-refractivity contribution in [3.05, 3.63) is 27.1 Å². The van der Waals surface area contributed by atoms with Crippen molar-refractivity contribution in [2.75, 3.05) is 0 Å². The maximum Gasteiger partial charge on any atom is 0.573 e. The zero-order valence-corrected chi connectivity index (χ0v) is 9.20. The summed E-state index contributed by atoms with van der Waals surface area (Å²) in [6, 6.07) is 4.28. The van der Waals surface area contributed by atoms with E-state index in [0.29, 0.717) is 4.47 Å². The van der Waals surface area contributed by atoms with Gasteiger partial charge in [-0.3, -0.25) is 0 Å². The van der Waals surface area contributed by atoms with Crippen LogP contribution in [0.4, 0.5) is 13.2 Å². The van der Waals surface area contributed by atoms with E-state index in [0.717, 1.165) is 0 Å². The molecule has 0 spiro atoms. The van der Waals surface area contributed by atoms with Gasteiger partial charge in [0.2, 0.25) is 0 Å². The lowest BCUT2D eigenvalue weighted by Crippen LogP contribution is -2.17. The highest BCUT2D eigenvalue weighted by molar-refractivity contribution is 9.13. The molecule has 0 unspecified atom stereocenters. The number of ether oxygens (including phenoxy) is 1. The van der Waals surface area contributed by atoms with Crippen LogP contribution in [0.3, 0.4) is 0 Å². The van der Waals surface area contributed by atoms with Crippen molar-refractivity contribution in [1.82, 2.24) is 0 Å². The molecule has 0 aliphatic heterocycles. The molecule has 0 saturated heterocycles. The summed E-state index contributed by atoms with van der Waals surface area (Å²) in [5.74, 6) is -0.262. The standard InChI is InChI=1S/C7H3Br2F3O/c8-4-2-1-3-5(6(4)9)13-7(10,11)12/h1-3H. The monoisotopic (exact) mass is 318 g/mol. The Kier molecular flexibility index (Phi) is 3.23. The molecule has 0 heterocycles. The van der Waals surface area contributed by atoms with Crippen molar-refractivity contribution in [3.63, 3.8) is 0 Å². The van der Waals surface area contributed by atoms with Gasteiger partial charge in [0.15, 0.2) is 0 Å². The average molecular weight is 320 g/mol. The maximum atomic E-state index is 11.8. The van der Waals surface area contributed by atoms with Gasteiger partial charge in [-0.2, -0.15) is 0 Å². The highest BCUT2D eigenvalue weighted by atomic mass is 79.9. The molecule has 0 atom stereocenters. The number of hydrogen-bond donors (Lipinski definition) is 0. The minimum absolute atomic E-state index is 0.243. The summed E-state index contributed by atoms with van der Waals surface area (Å²) in [5, 5.41) is 0. The van der Waals surface area contributed by atoms with E-state index in [-0.39, 0.29) is 10.2 Å². The molecule has 13 heavy (non-hydrogen) atoms. The van der Waals surface area contributed by atoms with Crippen molar-refractivity contribution in [3.8, 4) is 5.75 Å². The lowest BCUT2D eigenvalue weighted by Gasteiger charge is -2.10. The average Bonchev–Trinajstić information content (AvgIpc) is 1.96. The molecule has 1 aromatic carbocycles. The van der Waals surface area contributed by atoms with Crippen LogP contribution in [-0.2, 0) is 0 Å². The molecule has 0 aliphatic rings. The fourth-order valence-corrected chi connectivity index (χ4v) is 1.38. The first-order valence-electron chi connectivity index (χ1n) is 3.10. The second-order valence-electron chi connectivity index (χ2n) is 2.10. The van der Waals surface area contributed by atoms with Crippen molar-refractivity contribution < 1.29 is 17.9 Å². The SMILES string of the molecule is FC(F)(F)Oc1cccc(Br)c1Br. The number of alkyl halides is 3. The fourth-order valence-electron chi connectivity index (χ4n) is 0.688. The highest BCUT2D eigenvalue weighted by Crippen LogP contribution is 2.35. The number of benzene rings is 1. The summed E-state index contributed by atoms with van der Waals surface area (Å²) in [6.45, 7) is 0. The van der Waals surface area contributed by atoms with Gasteiger partial charge >= 0.3 is 6.36 Å². The third kappa shape index (κ3) is 3.19. The first-order chi connectivity index (χ1) is 5.90. The van der Waals surface area contributed by atoms with E-state index in [4.69, 9.17) is 0 Å². The predicted octanol–water partition coefficient (Wildman–Crippen LogP) is 4.11. The van der Waals surface area contributed by atoms with Crippen LogP contribution in [0, 0.1) is 0 Å². The Bertz CT molecular complexity index is 311. The second kappa shape index (κ2) is 3.88. The Morgan fingerprint density at radius 3 is 2.31 bits per heavy atom. The highest BCUT2D eigenvalue weighted by Gasteiger charge is 2.32. The molecular weight excluding hydrogens is 317 g/mol. The van der Waals surface area contributed by atoms with Gasteiger partial charge in [-0.05, 0) is 44.0 Å². The van der Waals surface area contributed by atoms with Crippen LogP contribution >= 0.6 is 31.9 Å². The van der Waals surface area contributed by atoms with E-state index in [9.17, 15) is 13.2 Å². The molecule has 0 N–H and O–H groups in total. The first kappa shape index (κ1) is 10.8. The van der Waals surface area contributed by atoms with Crippen LogP contribution < -0.4 is 4.74 Å². The van der Waals surface area contributed by atoms with Crippen molar-refractivity contribution in [1.29, 1.82) is 0 Å². The second-order valence-corrected chi connectivity index (χ2v) is 3.75. The third-order valence-electron chi connectivity index (χ3n) is 1.14. The molecule has 72 valence electrons. The predicted molar refractivity (Wildman–Crippen MR) is 48.5 cm³/mol. The van der Waals surface area contributed by atoms with Crippen LogP contribution in [0.1, 0.15) is 0 Å². The Balaban J connectivity index is 2.96. The summed E-state index contributed by atoms with van der Waals surface area (Å²) < 4.78 is 39.9. The van der Waals surface area contributed by atoms with Gasteiger partial charge in [0.05, 0.1) is 4.47 Å². The first-order valence-corrected chi connectivity index (χ1v) is 4.68. The van der Waals surface area contributed by atoms with Gasteiger partial charge in [-0.25, -0.2) is 0 Å². The summed E-state index contributed by atoms with van der Waals surface area (Å²) in [5.41, 5.74) is 0. The number of rotatable bonds is 1. The molecule has 0 fully saturated rings. The fraction of sp³-hybridized carbons (Fsp3) is 0.143. The van der Waals surface area contributed by atoms with E-state index >= 15 is 0 Å². The quantitative estimate of drug-likeness (QED) is 0.757. The van der Waals surface area contributed by atoms with E-state index in [2.05, 4.69) is 36.6 Å². The van der Waals surface area contributed by atoms with Gasteiger partial charge in [0.25, 0.3) is 0 Å². The molecule has 1 rings (SSSR count). The van der Waals surface area contributed by atoms with Crippen LogP contribution in [-0.4, -0.2) is 6.36 Å². The van der Waals surface area contributed by atoms with Gasteiger partial charge in [-0.15, -0.1) is 13.2 Å². The minimum atomic E-state index is -4.66. The van der Waals surface area contributed by atoms with Crippen LogP contribution in [0.15, 0.2) is 27.1 Å². The molecular formula is C7H3Br2F3O. The Morgan fingerprint density at radius 2 is 1.77 bits per heavy atom. The van der Waals surface area contributed by atoms with Crippen molar-refractivity contribution in [2.24, 2.45) is 0 Å². The lowest BCUT2D eigenvalue weighted by atomic mass is 10.3. The van der Waals surface area contributed by atoms with Gasteiger partial charge < -0.3 is 4.74 Å². The largest absolute Gasteiger partial charge is 0.573 e. The summed E-state index contributed by atoms with van der Waals surface area (Å²) in [7, 11) is 0. The molecule has 0 aliphatic carbocycles. The van der Waals surface area contributed by atoms with E-state index in [1.807, 2.05) is 0 Å². The van der Waals surface area contributed by atoms with Crippen LogP contribution in [0.25, 0.3) is 0 Å². The number of hydrogen-bond acceptors (Lipinski definition) is 1. The molecule has 0 saturated carbocycles. The van der Waals surface area contributed by atoms with E-state index < -0.39 is 6.36 Å². The zero-order chi connectivity index (χ0) is 10.1. The van der Waals surface area contributed by atoms with Crippen LogP contribution in [0.5, 0.6) is 5.75 Å². The third-order valence-corrected chi connectivity index (χ3v) is 3.15. The Morgan fingerprint density at radius 1 is 1.15 bits per heavy atom. The zero-order valence-electron chi connectivity index (χ0n) is 6.03. The van der Waals surface area contributed by atoms with Gasteiger partial charge in [0, 0.05) is 4.47 Å². The van der Waals surface area contributed by atoms with Gasteiger partial charge in [-0.1, -0.05) is 6.07 Å². The smallest absolute Gasteiger partial charge is 0.405 e. The molecule has 0 amide bonds. The van der Waals surface area contributed by atoms with E-state index in [1.165, 1.54) is 12.1 Å². The lowest BCUT2D eigenvalue weighted by molar-refractivity contribution is -0.274. The minimum Gasteiger partial charge on any atom is -0.405 e. The molecule has 1 aromatic rings. The maximum absolute atomic E-state index is 11.8. The van der Waals surface area contributed by atoms with Crippen LogP contribution in [0.2, 0.25) is 0 Å². The van der Waals surface area contributed by atoms with Crippen molar-refractivity contribution >= 4 is 31.9 Å². The molecule has 0 aromatic heterocycles. The van der Waals surface area contributed by atoms with E-state index in [1.54, 1.807) is 6.07 Å². The topological polar surface area (TPSA) is 9.23 Å². The molecule has 0 radical (unpaired) electrons. The van der Waals surface area contributed by atoms with Crippen molar-refractivity contribution in [2.45, 2.75) is 6.36 Å². The molecule has 1 nitrogen and oxygen atoms in total. The van der Waals surface area contributed by atoms with Gasteiger partial charge in [0.1, 0.15) is 5.75 Å². The summed E-state index contributed by atoms with van der Waals surface area (Å²) in [6.07, 6.45) is -4.66. The molecule has 6 heteroatoms. The Labute approximate surface area is 89.1 Å². The molecule has 0 bridgehead atoms. The normalized spacial score (nSPS) is 11.5. The summed E-state index contributed by atoms with van der Waals surface area (Å²) in [4.78, 5) is 0. The summed E-state index contributed by atoms with van der Waals surface area (Å²) >= 11 is 6.02.